The van der Waals surface area contributed by atoms with Crippen LogP contribution in [0.15, 0.2) is 72.3 Å². The lowest BCUT2D eigenvalue weighted by atomic mass is 9.95. The van der Waals surface area contributed by atoms with Crippen molar-refractivity contribution in [3.05, 3.63) is 88.5 Å². The Morgan fingerprint density at radius 3 is 2.08 bits per heavy atom. The number of carbonyl (C=O) groups excluding carboxylic acids is 2. The number of hydrogen-bond acceptors (Lipinski definition) is 6. The third-order valence-electron chi connectivity index (χ3n) is 6.85. The first-order chi connectivity index (χ1) is 18.2. The second-order valence-corrected chi connectivity index (χ2v) is 9.60. The van der Waals surface area contributed by atoms with E-state index in [-0.39, 0.29) is 16.4 Å². The number of methoxy groups -OCH3 is 1. The van der Waals surface area contributed by atoms with E-state index in [1.807, 2.05) is 67.5 Å². The number of anilines is 3. The van der Waals surface area contributed by atoms with Gasteiger partial charge < -0.3 is 19.6 Å². The molecule has 7 nitrogen and oxygen atoms in total. The van der Waals surface area contributed by atoms with E-state index in [2.05, 4.69) is 18.7 Å². The van der Waals surface area contributed by atoms with Crippen LogP contribution in [0.4, 0.5) is 17.1 Å². The molecule has 1 unspecified atom stereocenters. The molecule has 1 fully saturated rings. The van der Waals surface area contributed by atoms with Crippen LogP contribution in [0.1, 0.15) is 31.0 Å². The van der Waals surface area contributed by atoms with Crippen LogP contribution in [0.2, 0.25) is 5.02 Å². The van der Waals surface area contributed by atoms with E-state index in [9.17, 15) is 14.7 Å². The van der Waals surface area contributed by atoms with Crippen molar-refractivity contribution in [2.24, 2.45) is 0 Å². The van der Waals surface area contributed by atoms with Gasteiger partial charge in [-0.2, -0.15) is 0 Å². The van der Waals surface area contributed by atoms with Crippen molar-refractivity contribution < 1.29 is 19.4 Å². The standard InChI is InChI=1S/C30H32ClN3O4/c1-6-33(7-2)22-13-15-23(16-14-22)34-27(19-8-11-21(12-9-19)32(3)4)26(29(36)30(34)37)28(35)20-10-17-25(38-5)24(31)18-20/h8-18,27,35H,6-7H2,1-5H3/b28-26-. The Labute approximate surface area is 228 Å². The molecule has 1 aliphatic heterocycles. The van der Waals surface area contributed by atoms with E-state index in [1.165, 1.54) is 18.1 Å². The first-order valence-corrected chi connectivity index (χ1v) is 12.9. The van der Waals surface area contributed by atoms with E-state index < -0.39 is 17.7 Å². The molecule has 0 saturated carbocycles. The molecule has 1 atom stereocenters. The van der Waals surface area contributed by atoms with Gasteiger partial charge in [0, 0.05) is 49.8 Å². The molecule has 8 heteroatoms. The highest BCUT2D eigenvalue weighted by Crippen LogP contribution is 2.43. The van der Waals surface area contributed by atoms with Gasteiger partial charge in [0.2, 0.25) is 0 Å². The molecule has 1 saturated heterocycles. The number of Topliss-reactive ketones (excluding diaryl/α,β-unsaturated/α-hetero) is 1. The molecule has 0 aromatic heterocycles. The van der Waals surface area contributed by atoms with Gasteiger partial charge in [-0.1, -0.05) is 23.7 Å². The number of rotatable bonds is 8. The highest BCUT2D eigenvalue weighted by atomic mass is 35.5. The first-order valence-electron chi connectivity index (χ1n) is 12.5. The van der Waals surface area contributed by atoms with Gasteiger partial charge in [-0.15, -0.1) is 0 Å². The van der Waals surface area contributed by atoms with Crippen LogP contribution in [0.3, 0.4) is 0 Å². The summed E-state index contributed by atoms with van der Waals surface area (Å²) in [6.45, 7) is 5.86. The van der Waals surface area contributed by atoms with Crippen molar-refractivity contribution in [3.8, 4) is 5.75 Å². The van der Waals surface area contributed by atoms with Gasteiger partial charge in [0.1, 0.15) is 11.5 Å². The van der Waals surface area contributed by atoms with Crippen LogP contribution >= 0.6 is 11.6 Å². The molecule has 0 bridgehead atoms. The fraction of sp³-hybridized carbons (Fsp3) is 0.267. The predicted molar refractivity (Wildman–Crippen MR) is 154 cm³/mol. The van der Waals surface area contributed by atoms with E-state index in [0.717, 1.165) is 24.5 Å². The van der Waals surface area contributed by atoms with E-state index in [0.29, 0.717) is 22.6 Å². The summed E-state index contributed by atoms with van der Waals surface area (Å²) in [6.07, 6.45) is 0. The average Bonchev–Trinajstić information content (AvgIpc) is 3.19. The summed E-state index contributed by atoms with van der Waals surface area (Å²) in [6, 6.07) is 19.1. The van der Waals surface area contributed by atoms with E-state index in [1.54, 1.807) is 12.1 Å². The third-order valence-corrected chi connectivity index (χ3v) is 7.15. The Morgan fingerprint density at radius 2 is 1.55 bits per heavy atom. The van der Waals surface area contributed by atoms with Crippen molar-refractivity contribution in [3.63, 3.8) is 0 Å². The maximum atomic E-state index is 13.5. The molecule has 3 aromatic carbocycles. The summed E-state index contributed by atoms with van der Waals surface area (Å²) in [5.41, 5.74) is 3.58. The van der Waals surface area contributed by atoms with Gasteiger partial charge in [-0.25, -0.2) is 0 Å². The van der Waals surface area contributed by atoms with Crippen LogP contribution in [-0.4, -0.2) is 51.1 Å². The summed E-state index contributed by atoms with van der Waals surface area (Å²) >= 11 is 6.30. The highest BCUT2D eigenvalue weighted by molar-refractivity contribution is 6.51. The topological polar surface area (TPSA) is 73.3 Å². The molecule has 0 aliphatic carbocycles. The summed E-state index contributed by atoms with van der Waals surface area (Å²) in [7, 11) is 5.37. The van der Waals surface area contributed by atoms with Gasteiger partial charge in [-0.3, -0.25) is 14.5 Å². The molecular weight excluding hydrogens is 502 g/mol. The minimum Gasteiger partial charge on any atom is -0.507 e. The van der Waals surface area contributed by atoms with Crippen molar-refractivity contribution in [1.29, 1.82) is 0 Å². The first kappa shape index (κ1) is 27.1. The number of ketones is 1. The quantitative estimate of drug-likeness (QED) is 0.221. The lowest BCUT2D eigenvalue weighted by Gasteiger charge is -2.27. The van der Waals surface area contributed by atoms with Crippen molar-refractivity contribution in [1.82, 2.24) is 0 Å². The largest absolute Gasteiger partial charge is 0.507 e. The summed E-state index contributed by atoms with van der Waals surface area (Å²) in [4.78, 5) is 32.5. The molecule has 1 aliphatic rings. The van der Waals surface area contributed by atoms with Crippen molar-refractivity contribution in [2.75, 3.05) is 49.0 Å². The van der Waals surface area contributed by atoms with Crippen molar-refractivity contribution >= 4 is 46.1 Å². The fourth-order valence-corrected chi connectivity index (χ4v) is 5.01. The summed E-state index contributed by atoms with van der Waals surface area (Å²) in [5.74, 6) is -1.32. The smallest absolute Gasteiger partial charge is 0.300 e. The lowest BCUT2D eigenvalue weighted by Crippen LogP contribution is -2.29. The number of aliphatic hydroxyl groups is 1. The SMILES string of the molecule is CCN(CC)c1ccc(N2C(=O)C(=O)/C(=C(\O)c3ccc(OC)c(Cl)c3)C2c2ccc(N(C)C)cc2)cc1. The van der Waals surface area contributed by atoms with Gasteiger partial charge >= 0.3 is 0 Å². The lowest BCUT2D eigenvalue weighted by molar-refractivity contribution is -0.132. The van der Waals surface area contributed by atoms with Crippen LogP contribution < -0.4 is 19.4 Å². The molecule has 1 N–H and O–H groups in total. The molecule has 1 amide bonds. The van der Waals surface area contributed by atoms with Gasteiger partial charge in [0.05, 0.1) is 23.7 Å². The minimum absolute atomic E-state index is 0.00153. The maximum absolute atomic E-state index is 13.5. The Bertz CT molecular complexity index is 1360. The molecular formula is C30H32ClN3O4. The summed E-state index contributed by atoms with van der Waals surface area (Å²) in [5, 5.41) is 11.7. The maximum Gasteiger partial charge on any atom is 0.300 e. The third kappa shape index (κ3) is 4.94. The van der Waals surface area contributed by atoms with E-state index >= 15 is 0 Å². The number of halogens is 1. The number of hydrogen-bond donors (Lipinski definition) is 1. The van der Waals surface area contributed by atoms with Crippen LogP contribution in [-0.2, 0) is 9.59 Å². The van der Waals surface area contributed by atoms with Gasteiger partial charge in [0.25, 0.3) is 11.7 Å². The Balaban J connectivity index is 1.88. The molecule has 0 spiro atoms. The minimum atomic E-state index is -0.827. The highest BCUT2D eigenvalue weighted by Gasteiger charge is 2.47. The zero-order chi connectivity index (χ0) is 27.6. The molecule has 3 aromatic rings. The summed E-state index contributed by atoms with van der Waals surface area (Å²) < 4.78 is 5.22. The zero-order valence-electron chi connectivity index (χ0n) is 22.2. The van der Waals surface area contributed by atoms with Gasteiger partial charge in [-0.05, 0) is 74.0 Å². The fourth-order valence-electron chi connectivity index (χ4n) is 4.75. The Morgan fingerprint density at radius 1 is 0.947 bits per heavy atom. The van der Waals surface area contributed by atoms with Gasteiger partial charge in [0.15, 0.2) is 0 Å². The van der Waals surface area contributed by atoms with Crippen molar-refractivity contribution in [2.45, 2.75) is 19.9 Å². The Kier molecular flexibility index (Phi) is 7.97. The van der Waals surface area contributed by atoms with E-state index in [4.69, 9.17) is 16.3 Å². The number of nitrogens with zero attached hydrogens (tertiary/aromatic N) is 3. The van der Waals surface area contributed by atoms with Crippen LogP contribution in [0, 0.1) is 0 Å². The number of carbonyl (C=O) groups is 2. The van der Waals surface area contributed by atoms with Crippen LogP contribution in [0.5, 0.6) is 5.75 Å². The second-order valence-electron chi connectivity index (χ2n) is 9.19. The molecule has 198 valence electrons. The number of aliphatic hydroxyl groups excluding tert-OH is 1. The zero-order valence-corrected chi connectivity index (χ0v) is 23.0. The molecule has 1 heterocycles. The molecule has 0 radical (unpaired) electrons. The normalized spacial score (nSPS) is 16.6. The molecule has 38 heavy (non-hydrogen) atoms. The monoisotopic (exact) mass is 533 g/mol. The Hall–Kier alpha value is -3.97. The average molecular weight is 534 g/mol. The number of ether oxygens (including phenoxy) is 1. The predicted octanol–water partition coefficient (Wildman–Crippen LogP) is 5.89. The number of amides is 1. The van der Waals surface area contributed by atoms with Crippen LogP contribution in [0.25, 0.3) is 5.76 Å². The molecule has 4 rings (SSSR count). The number of benzene rings is 3. The second kappa shape index (κ2) is 11.2.